The van der Waals surface area contributed by atoms with E-state index in [1.807, 2.05) is 30.3 Å². The van der Waals surface area contributed by atoms with Crippen molar-refractivity contribution in [2.24, 2.45) is 0 Å². The van der Waals surface area contributed by atoms with Crippen molar-refractivity contribution in [2.75, 3.05) is 12.8 Å². The monoisotopic (exact) mass is 355 g/mol. The first kappa shape index (κ1) is 16.9. The van der Waals surface area contributed by atoms with Gasteiger partial charge in [0, 0.05) is 35.2 Å². The molecule has 1 aromatic carbocycles. The molecular formula is C18H17N3O3S. The average molecular weight is 355 g/mol. The molecule has 2 aromatic heterocycles. The summed E-state index contributed by atoms with van der Waals surface area (Å²) in [6, 6.07) is 12.9. The van der Waals surface area contributed by atoms with Gasteiger partial charge in [-0.25, -0.2) is 18.4 Å². The molecule has 0 atom stereocenters. The van der Waals surface area contributed by atoms with Crippen LogP contribution < -0.4 is 10.5 Å². The van der Waals surface area contributed by atoms with E-state index in [1.165, 1.54) is 0 Å². The molecule has 0 saturated heterocycles. The Morgan fingerprint density at radius 2 is 1.80 bits per heavy atom. The Morgan fingerprint density at radius 3 is 2.48 bits per heavy atom. The van der Waals surface area contributed by atoms with E-state index in [2.05, 4.69) is 9.97 Å². The number of aromatic nitrogens is 2. The van der Waals surface area contributed by atoms with E-state index in [4.69, 9.17) is 10.5 Å². The first-order chi connectivity index (χ1) is 12.1. The molecule has 0 saturated carbocycles. The molecule has 0 bridgehead atoms. The molecule has 2 N–H and O–H groups in total. The van der Waals surface area contributed by atoms with Gasteiger partial charge in [0.25, 0.3) is 0 Å². The Balaban J connectivity index is 2.01. The summed E-state index contributed by atoms with van der Waals surface area (Å²) < 4.78 is 27.0. The van der Waals surface area contributed by atoms with Gasteiger partial charge in [-0.15, -0.1) is 0 Å². The lowest BCUT2D eigenvalue weighted by atomic mass is 10.0. The molecule has 7 heteroatoms. The van der Waals surface area contributed by atoms with Gasteiger partial charge in [0.2, 0.25) is 5.88 Å². The van der Waals surface area contributed by atoms with Crippen molar-refractivity contribution < 1.29 is 13.2 Å². The molecule has 25 heavy (non-hydrogen) atoms. The smallest absolute Gasteiger partial charge is 0.212 e. The molecule has 0 spiro atoms. The van der Waals surface area contributed by atoms with E-state index >= 15 is 0 Å². The van der Waals surface area contributed by atoms with Crippen LogP contribution >= 0.6 is 0 Å². The SMILES string of the molecule is COc1ccc(-c2cc(-c3cccc(C[SH](=O)=O)c3)cnc2N)cn1. The number of nitrogen functional groups attached to an aromatic ring is 1. The Labute approximate surface area is 147 Å². The number of methoxy groups -OCH3 is 1. The van der Waals surface area contributed by atoms with Crippen LogP contribution in [0.3, 0.4) is 0 Å². The maximum absolute atomic E-state index is 10.9. The van der Waals surface area contributed by atoms with E-state index in [1.54, 1.807) is 31.6 Å². The molecule has 0 aliphatic carbocycles. The van der Waals surface area contributed by atoms with Crippen LogP contribution in [-0.4, -0.2) is 25.5 Å². The van der Waals surface area contributed by atoms with Gasteiger partial charge in [0.05, 0.1) is 12.9 Å². The van der Waals surface area contributed by atoms with E-state index in [-0.39, 0.29) is 5.75 Å². The molecule has 0 fully saturated rings. The van der Waals surface area contributed by atoms with Crippen LogP contribution in [0.15, 0.2) is 54.9 Å². The molecule has 0 amide bonds. The van der Waals surface area contributed by atoms with Crippen LogP contribution in [0, 0.1) is 0 Å². The number of nitrogens with two attached hydrogens (primary N) is 1. The molecule has 3 rings (SSSR count). The highest BCUT2D eigenvalue weighted by molar-refractivity contribution is 7.71. The fourth-order valence-corrected chi connectivity index (χ4v) is 3.02. The Bertz CT molecular complexity index is 962. The summed E-state index contributed by atoms with van der Waals surface area (Å²) in [5, 5.41) is 0. The molecule has 2 heterocycles. The summed E-state index contributed by atoms with van der Waals surface area (Å²) in [5.74, 6) is 0.932. The van der Waals surface area contributed by atoms with Gasteiger partial charge < -0.3 is 10.5 Å². The van der Waals surface area contributed by atoms with Gasteiger partial charge in [-0.2, -0.15) is 0 Å². The van der Waals surface area contributed by atoms with Crippen molar-refractivity contribution in [3.05, 3.63) is 60.4 Å². The maximum atomic E-state index is 10.9. The minimum Gasteiger partial charge on any atom is -0.481 e. The van der Waals surface area contributed by atoms with Crippen LogP contribution in [0.4, 0.5) is 5.82 Å². The van der Waals surface area contributed by atoms with Crippen molar-refractivity contribution in [3.63, 3.8) is 0 Å². The third-order valence-corrected chi connectivity index (χ3v) is 4.37. The van der Waals surface area contributed by atoms with Crippen LogP contribution in [-0.2, 0) is 16.5 Å². The van der Waals surface area contributed by atoms with Gasteiger partial charge in [0.15, 0.2) is 0 Å². The second-order valence-corrected chi connectivity index (χ2v) is 6.42. The van der Waals surface area contributed by atoms with Gasteiger partial charge >= 0.3 is 0 Å². The normalized spacial score (nSPS) is 10.8. The maximum Gasteiger partial charge on any atom is 0.212 e. The summed E-state index contributed by atoms with van der Waals surface area (Å²) in [5.41, 5.74) is 10.1. The zero-order valence-electron chi connectivity index (χ0n) is 13.5. The van der Waals surface area contributed by atoms with Crippen molar-refractivity contribution in [2.45, 2.75) is 5.75 Å². The zero-order valence-corrected chi connectivity index (χ0v) is 14.4. The summed E-state index contributed by atoms with van der Waals surface area (Å²) >= 11 is 0. The topological polar surface area (TPSA) is 95.2 Å². The van der Waals surface area contributed by atoms with Crippen molar-refractivity contribution in [1.29, 1.82) is 0 Å². The molecule has 128 valence electrons. The third kappa shape index (κ3) is 3.95. The number of rotatable bonds is 5. The number of pyridine rings is 2. The fourth-order valence-electron chi connectivity index (χ4n) is 2.52. The van der Waals surface area contributed by atoms with Crippen LogP contribution in [0.2, 0.25) is 0 Å². The number of anilines is 1. The third-order valence-electron chi connectivity index (χ3n) is 3.75. The lowest BCUT2D eigenvalue weighted by molar-refractivity contribution is 0.398. The first-order valence-electron chi connectivity index (χ1n) is 7.54. The number of hydrogen-bond acceptors (Lipinski definition) is 6. The van der Waals surface area contributed by atoms with E-state index in [9.17, 15) is 8.42 Å². The van der Waals surface area contributed by atoms with Crippen molar-refractivity contribution >= 4 is 16.5 Å². The summed E-state index contributed by atoms with van der Waals surface area (Å²) in [6.07, 6.45) is 3.35. The predicted octanol–water partition coefficient (Wildman–Crippen LogP) is 2.51. The summed E-state index contributed by atoms with van der Waals surface area (Å²) in [6.45, 7) is 0. The summed E-state index contributed by atoms with van der Waals surface area (Å²) in [4.78, 5) is 8.46. The molecule has 6 nitrogen and oxygen atoms in total. The number of benzene rings is 1. The molecular weight excluding hydrogens is 338 g/mol. The lowest BCUT2D eigenvalue weighted by Crippen LogP contribution is -1.96. The minimum atomic E-state index is -2.47. The predicted molar refractivity (Wildman–Crippen MR) is 97.9 cm³/mol. The molecule has 0 aliphatic heterocycles. The van der Waals surface area contributed by atoms with Gasteiger partial charge in [-0.3, -0.25) is 0 Å². The van der Waals surface area contributed by atoms with Gasteiger partial charge in [0.1, 0.15) is 16.5 Å². The van der Waals surface area contributed by atoms with E-state index in [0.717, 1.165) is 27.8 Å². The number of thiol groups is 1. The molecule has 0 unspecified atom stereocenters. The van der Waals surface area contributed by atoms with Crippen LogP contribution in [0.5, 0.6) is 5.88 Å². The molecule has 0 radical (unpaired) electrons. The largest absolute Gasteiger partial charge is 0.481 e. The van der Waals surface area contributed by atoms with Gasteiger partial charge in [-0.05, 0) is 23.3 Å². The first-order valence-corrected chi connectivity index (χ1v) is 8.90. The number of ether oxygens (including phenoxy) is 1. The van der Waals surface area contributed by atoms with Crippen LogP contribution in [0.1, 0.15) is 5.56 Å². The number of hydrogen-bond donors (Lipinski definition) is 2. The van der Waals surface area contributed by atoms with Crippen molar-refractivity contribution in [3.8, 4) is 28.1 Å². The second kappa shape index (κ2) is 7.31. The minimum absolute atomic E-state index is 0.0147. The fraction of sp³-hybridized carbons (Fsp3) is 0.111. The highest BCUT2D eigenvalue weighted by atomic mass is 32.2. The van der Waals surface area contributed by atoms with Crippen LogP contribution in [0.25, 0.3) is 22.3 Å². The van der Waals surface area contributed by atoms with Crippen molar-refractivity contribution in [1.82, 2.24) is 9.97 Å². The Kier molecular flexibility index (Phi) is 4.95. The highest BCUT2D eigenvalue weighted by Crippen LogP contribution is 2.30. The highest BCUT2D eigenvalue weighted by Gasteiger charge is 2.09. The quantitative estimate of drug-likeness (QED) is 0.683. The van der Waals surface area contributed by atoms with E-state index < -0.39 is 10.7 Å². The second-order valence-electron chi connectivity index (χ2n) is 5.44. The average Bonchev–Trinajstić information content (AvgIpc) is 2.62. The zero-order chi connectivity index (χ0) is 17.8. The molecule has 3 aromatic rings. The van der Waals surface area contributed by atoms with E-state index in [0.29, 0.717) is 11.7 Å². The Morgan fingerprint density at radius 1 is 1.00 bits per heavy atom. The Hall–Kier alpha value is -2.93. The van der Waals surface area contributed by atoms with Gasteiger partial charge in [-0.1, -0.05) is 24.3 Å². The number of nitrogens with zero attached hydrogens (tertiary/aromatic N) is 2. The summed E-state index contributed by atoms with van der Waals surface area (Å²) in [7, 11) is -0.909. The lowest BCUT2D eigenvalue weighted by Gasteiger charge is -2.09. The standard InChI is InChI=1S/C18H17N3O3S/c1-24-17-6-5-14(9-20-17)16-8-15(10-21-18(16)19)13-4-2-3-12(7-13)11-25(22)23/h2-10,25H,11H2,1H3,(H2,19,21). The molecule has 0 aliphatic rings.